The summed E-state index contributed by atoms with van der Waals surface area (Å²) in [6.07, 6.45) is 0. The van der Waals surface area contributed by atoms with E-state index < -0.39 is 17.7 Å². The molecule has 0 aliphatic carbocycles. The standard InChI is InChI=1S/C25H29BrN2O5/c1-5-27(6-2)13-14-28-22(16-7-10-18(32-3)11-8-16)21(24(30)25(28)31)23(29)17-9-12-20(33-4)19(26)15-17/h7-12,15,22,29H,5-6,13-14H2,1-4H3/b23-21-. The number of likely N-dealkylation sites (N-methyl/N-ethyl adjacent to an activating group) is 1. The third-order valence-electron chi connectivity index (χ3n) is 5.95. The minimum atomic E-state index is -0.702. The van der Waals surface area contributed by atoms with Crippen LogP contribution in [0, 0.1) is 0 Å². The molecule has 1 aliphatic rings. The normalized spacial score (nSPS) is 17.6. The van der Waals surface area contributed by atoms with E-state index in [1.54, 1.807) is 49.5 Å². The molecule has 2 aromatic rings. The van der Waals surface area contributed by atoms with E-state index in [-0.39, 0.29) is 11.3 Å². The van der Waals surface area contributed by atoms with Gasteiger partial charge in [0, 0.05) is 18.7 Å². The Kier molecular flexibility index (Phi) is 8.15. The maximum atomic E-state index is 13.1. The lowest BCUT2D eigenvalue weighted by Gasteiger charge is -2.28. The van der Waals surface area contributed by atoms with Gasteiger partial charge in [0.15, 0.2) is 0 Å². The van der Waals surface area contributed by atoms with Gasteiger partial charge in [0.25, 0.3) is 11.7 Å². The zero-order valence-corrected chi connectivity index (χ0v) is 20.9. The summed E-state index contributed by atoms with van der Waals surface area (Å²) in [5.74, 6) is -0.268. The average molecular weight is 517 g/mol. The Balaban J connectivity index is 2.10. The first-order chi connectivity index (χ1) is 15.9. The number of carbonyl (C=O) groups excluding carboxylic acids is 2. The molecule has 1 unspecified atom stereocenters. The number of halogens is 1. The summed E-state index contributed by atoms with van der Waals surface area (Å²) in [4.78, 5) is 30.0. The number of methoxy groups -OCH3 is 2. The molecule has 8 heteroatoms. The van der Waals surface area contributed by atoms with Gasteiger partial charge in [-0.05, 0) is 64.9 Å². The van der Waals surface area contributed by atoms with Crippen LogP contribution in [0.4, 0.5) is 0 Å². The van der Waals surface area contributed by atoms with Gasteiger partial charge in [-0.2, -0.15) is 0 Å². The van der Waals surface area contributed by atoms with Crippen LogP contribution in [0.25, 0.3) is 5.76 Å². The number of likely N-dealkylation sites (tertiary alicyclic amines) is 1. The van der Waals surface area contributed by atoms with Crippen molar-refractivity contribution in [2.45, 2.75) is 19.9 Å². The van der Waals surface area contributed by atoms with E-state index in [1.807, 2.05) is 12.1 Å². The first-order valence-electron chi connectivity index (χ1n) is 10.8. The van der Waals surface area contributed by atoms with E-state index in [4.69, 9.17) is 9.47 Å². The van der Waals surface area contributed by atoms with E-state index in [9.17, 15) is 14.7 Å². The first-order valence-corrected chi connectivity index (χ1v) is 11.6. The molecule has 2 aromatic carbocycles. The molecule has 0 radical (unpaired) electrons. The van der Waals surface area contributed by atoms with Crippen LogP contribution in [0.5, 0.6) is 11.5 Å². The lowest BCUT2D eigenvalue weighted by molar-refractivity contribution is -0.140. The van der Waals surface area contributed by atoms with Gasteiger partial charge in [-0.1, -0.05) is 26.0 Å². The topological polar surface area (TPSA) is 79.3 Å². The van der Waals surface area contributed by atoms with Crippen molar-refractivity contribution in [1.82, 2.24) is 9.80 Å². The van der Waals surface area contributed by atoms with Crippen molar-refractivity contribution in [1.29, 1.82) is 0 Å². The largest absolute Gasteiger partial charge is 0.507 e. The summed E-state index contributed by atoms with van der Waals surface area (Å²) < 4.78 is 11.1. The maximum Gasteiger partial charge on any atom is 0.295 e. The number of aliphatic hydroxyl groups is 1. The second-order valence-corrected chi connectivity index (χ2v) is 8.50. The predicted octanol–water partition coefficient (Wildman–Crippen LogP) is 4.23. The SMILES string of the molecule is CCN(CC)CCN1C(=O)C(=O)/C(=C(\O)c2ccc(OC)c(Br)c2)C1c1ccc(OC)cc1. The van der Waals surface area contributed by atoms with Crippen molar-refractivity contribution in [2.24, 2.45) is 0 Å². The van der Waals surface area contributed by atoms with Crippen LogP contribution in [-0.2, 0) is 9.59 Å². The summed E-state index contributed by atoms with van der Waals surface area (Å²) in [6.45, 7) is 6.79. The number of nitrogens with zero attached hydrogens (tertiary/aromatic N) is 2. The number of aliphatic hydroxyl groups excluding tert-OH is 1. The minimum Gasteiger partial charge on any atom is -0.507 e. The summed E-state index contributed by atoms with van der Waals surface area (Å²) in [5.41, 5.74) is 1.22. The van der Waals surface area contributed by atoms with Crippen LogP contribution in [-0.4, -0.2) is 67.0 Å². The van der Waals surface area contributed by atoms with E-state index >= 15 is 0 Å². The number of rotatable bonds is 9. The van der Waals surface area contributed by atoms with Crippen LogP contribution in [0.2, 0.25) is 0 Å². The molecule has 1 fully saturated rings. The molecule has 0 aromatic heterocycles. The molecular weight excluding hydrogens is 488 g/mol. The molecule has 1 heterocycles. The van der Waals surface area contributed by atoms with E-state index in [1.165, 1.54) is 0 Å². The Morgan fingerprint density at radius 2 is 1.73 bits per heavy atom. The van der Waals surface area contributed by atoms with Gasteiger partial charge in [-0.15, -0.1) is 0 Å². The second-order valence-electron chi connectivity index (χ2n) is 7.64. The summed E-state index contributed by atoms with van der Waals surface area (Å²) in [5, 5.41) is 11.2. The highest BCUT2D eigenvalue weighted by Crippen LogP contribution is 2.40. The number of benzene rings is 2. The third kappa shape index (κ3) is 5.07. The zero-order valence-electron chi connectivity index (χ0n) is 19.3. The van der Waals surface area contributed by atoms with E-state index in [2.05, 4.69) is 34.7 Å². The van der Waals surface area contributed by atoms with Crippen molar-refractivity contribution < 1.29 is 24.2 Å². The fourth-order valence-corrected chi connectivity index (χ4v) is 4.54. The Morgan fingerprint density at radius 3 is 2.27 bits per heavy atom. The third-order valence-corrected chi connectivity index (χ3v) is 6.57. The van der Waals surface area contributed by atoms with Gasteiger partial charge in [0.1, 0.15) is 17.3 Å². The number of ketones is 1. The molecule has 0 bridgehead atoms. The van der Waals surface area contributed by atoms with Gasteiger partial charge in [-0.3, -0.25) is 9.59 Å². The molecule has 1 atom stereocenters. The van der Waals surface area contributed by atoms with E-state index in [0.717, 1.165) is 18.7 Å². The fraction of sp³-hybridized carbons (Fsp3) is 0.360. The molecule has 0 spiro atoms. The highest BCUT2D eigenvalue weighted by molar-refractivity contribution is 9.10. The van der Waals surface area contributed by atoms with Crippen molar-refractivity contribution in [3.63, 3.8) is 0 Å². The quantitative estimate of drug-likeness (QED) is 0.305. The van der Waals surface area contributed by atoms with Crippen LogP contribution in [0.1, 0.15) is 31.0 Å². The van der Waals surface area contributed by atoms with Gasteiger partial charge in [0.05, 0.1) is 30.3 Å². The highest BCUT2D eigenvalue weighted by atomic mass is 79.9. The molecule has 1 saturated heterocycles. The number of carbonyl (C=O) groups is 2. The Morgan fingerprint density at radius 1 is 1.06 bits per heavy atom. The average Bonchev–Trinajstić information content (AvgIpc) is 3.09. The van der Waals surface area contributed by atoms with Gasteiger partial charge >= 0.3 is 0 Å². The van der Waals surface area contributed by atoms with Crippen LogP contribution < -0.4 is 9.47 Å². The predicted molar refractivity (Wildman–Crippen MR) is 130 cm³/mol. The van der Waals surface area contributed by atoms with E-state index in [0.29, 0.717) is 34.6 Å². The number of amides is 1. The van der Waals surface area contributed by atoms with Gasteiger partial charge in [-0.25, -0.2) is 0 Å². The maximum absolute atomic E-state index is 13.1. The molecule has 1 N–H and O–H groups in total. The summed E-state index contributed by atoms with van der Waals surface area (Å²) in [6, 6.07) is 11.5. The first kappa shape index (κ1) is 24.8. The summed E-state index contributed by atoms with van der Waals surface area (Å²) in [7, 11) is 3.12. The van der Waals surface area contributed by atoms with Crippen molar-refractivity contribution >= 4 is 33.4 Å². The number of hydrogen-bond donors (Lipinski definition) is 1. The molecule has 3 rings (SSSR count). The van der Waals surface area contributed by atoms with Crippen molar-refractivity contribution in [3.05, 3.63) is 63.6 Å². The van der Waals surface area contributed by atoms with Crippen molar-refractivity contribution in [3.8, 4) is 11.5 Å². The smallest absolute Gasteiger partial charge is 0.295 e. The van der Waals surface area contributed by atoms with Crippen LogP contribution in [0.15, 0.2) is 52.5 Å². The van der Waals surface area contributed by atoms with Gasteiger partial charge in [0.2, 0.25) is 0 Å². The van der Waals surface area contributed by atoms with Crippen LogP contribution in [0.3, 0.4) is 0 Å². The van der Waals surface area contributed by atoms with Crippen LogP contribution >= 0.6 is 15.9 Å². The van der Waals surface area contributed by atoms with Crippen molar-refractivity contribution in [2.75, 3.05) is 40.4 Å². The molecule has 176 valence electrons. The summed E-state index contributed by atoms with van der Waals surface area (Å²) >= 11 is 3.42. The molecule has 7 nitrogen and oxygen atoms in total. The number of ether oxygens (including phenoxy) is 2. The number of Topliss-reactive ketones (excluding diaryl/α,β-unsaturated/α-hetero) is 1. The zero-order chi connectivity index (χ0) is 24.1. The molecule has 1 aliphatic heterocycles. The second kappa shape index (κ2) is 10.9. The molecule has 33 heavy (non-hydrogen) atoms. The molecule has 1 amide bonds. The minimum absolute atomic E-state index is 0.0711. The van der Waals surface area contributed by atoms with Gasteiger partial charge < -0.3 is 24.4 Å². The lowest BCUT2D eigenvalue weighted by Crippen LogP contribution is -2.38. The molecular formula is C25H29BrN2O5. The Hall–Kier alpha value is -2.84. The Bertz CT molecular complexity index is 1050. The lowest BCUT2D eigenvalue weighted by atomic mass is 9.95. The highest BCUT2D eigenvalue weighted by Gasteiger charge is 2.46. The fourth-order valence-electron chi connectivity index (χ4n) is 4.00. The Labute approximate surface area is 202 Å². The monoisotopic (exact) mass is 516 g/mol. The number of hydrogen-bond acceptors (Lipinski definition) is 6. The molecule has 0 saturated carbocycles.